The zero-order chi connectivity index (χ0) is 20.8. The number of ether oxygens (including phenoxy) is 1. The molecule has 3 aromatic rings. The first kappa shape index (κ1) is 20.7. The second-order valence-electron chi connectivity index (χ2n) is 6.21. The molecule has 1 heterocycles. The minimum absolute atomic E-state index is 0.0920. The van der Waals surface area contributed by atoms with Crippen molar-refractivity contribution < 1.29 is 9.53 Å². The maximum absolute atomic E-state index is 12.4. The minimum atomic E-state index is -0.248. The second kappa shape index (κ2) is 9.46. The number of carbonyl (C=O) groups is 1. The first-order valence-corrected chi connectivity index (χ1v) is 10.1. The van der Waals surface area contributed by atoms with Gasteiger partial charge in [0.15, 0.2) is 0 Å². The molecule has 146 valence electrons. The van der Waals surface area contributed by atoms with Crippen LogP contribution in [0.4, 0.5) is 5.69 Å². The number of amides is 1. The summed E-state index contributed by atoms with van der Waals surface area (Å²) in [4.78, 5) is 17.0. The number of nitrogens with one attached hydrogen (secondary N) is 1. The van der Waals surface area contributed by atoms with Gasteiger partial charge in [0.05, 0.1) is 29.8 Å². The smallest absolute Gasteiger partial charge is 0.234 e. The molecule has 0 atom stereocenters. The number of anilines is 1. The summed E-state index contributed by atoms with van der Waals surface area (Å²) in [5.74, 6) is 0.362. The van der Waals surface area contributed by atoms with Crippen LogP contribution in [0.3, 0.4) is 0 Å². The Morgan fingerprint density at radius 2 is 1.97 bits per heavy atom. The van der Waals surface area contributed by atoms with E-state index in [1.807, 2.05) is 37.3 Å². The molecule has 3 rings (SSSR count). The van der Waals surface area contributed by atoms with E-state index in [1.54, 1.807) is 24.3 Å². The van der Waals surface area contributed by atoms with Crippen LogP contribution >= 0.6 is 23.4 Å². The number of hydrogen-bond acceptors (Lipinski definition) is 5. The summed E-state index contributed by atoms with van der Waals surface area (Å²) in [6, 6.07) is 18.6. The monoisotopic (exact) mass is 423 g/mol. The largest absolute Gasteiger partial charge is 0.495 e. The fraction of sp³-hybridized carbons (Fsp3) is 0.136. The Bertz CT molecular complexity index is 1080. The van der Waals surface area contributed by atoms with Gasteiger partial charge in [-0.2, -0.15) is 5.26 Å². The zero-order valence-electron chi connectivity index (χ0n) is 15.9. The molecule has 1 amide bonds. The lowest BCUT2D eigenvalue weighted by molar-refractivity contribution is -0.113. The maximum atomic E-state index is 12.4. The molecule has 0 unspecified atom stereocenters. The van der Waals surface area contributed by atoms with Crippen molar-refractivity contribution in [3.63, 3.8) is 0 Å². The van der Waals surface area contributed by atoms with Gasteiger partial charge in [-0.1, -0.05) is 53.2 Å². The molecule has 0 aliphatic heterocycles. The van der Waals surface area contributed by atoms with Gasteiger partial charge < -0.3 is 10.1 Å². The van der Waals surface area contributed by atoms with Crippen molar-refractivity contribution in [1.29, 1.82) is 5.26 Å². The SMILES string of the molecule is COc1ccc(Cl)cc1NC(=O)CSc1nc(-c2ccc(C)cc2)ccc1C#N. The summed E-state index contributed by atoms with van der Waals surface area (Å²) >= 11 is 7.21. The number of hydrogen-bond donors (Lipinski definition) is 1. The topological polar surface area (TPSA) is 75.0 Å². The third kappa shape index (κ3) is 5.29. The van der Waals surface area contributed by atoms with Gasteiger partial charge in [-0.15, -0.1) is 0 Å². The van der Waals surface area contributed by atoms with E-state index in [2.05, 4.69) is 16.4 Å². The van der Waals surface area contributed by atoms with Crippen molar-refractivity contribution in [3.05, 3.63) is 70.7 Å². The summed E-state index contributed by atoms with van der Waals surface area (Å²) in [6.45, 7) is 2.02. The van der Waals surface area contributed by atoms with Crippen LogP contribution < -0.4 is 10.1 Å². The number of thioether (sulfide) groups is 1. The lowest BCUT2D eigenvalue weighted by atomic mass is 10.1. The predicted molar refractivity (Wildman–Crippen MR) is 116 cm³/mol. The van der Waals surface area contributed by atoms with Crippen molar-refractivity contribution in [2.75, 3.05) is 18.2 Å². The van der Waals surface area contributed by atoms with Gasteiger partial charge in [-0.05, 0) is 37.3 Å². The summed E-state index contributed by atoms with van der Waals surface area (Å²) in [7, 11) is 1.52. The Labute approximate surface area is 178 Å². The van der Waals surface area contributed by atoms with Crippen molar-refractivity contribution in [2.24, 2.45) is 0 Å². The van der Waals surface area contributed by atoms with Crippen molar-refractivity contribution in [2.45, 2.75) is 11.9 Å². The number of nitrogens with zero attached hydrogens (tertiary/aromatic N) is 2. The van der Waals surface area contributed by atoms with Crippen LogP contribution in [0.25, 0.3) is 11.3 Å². The average molecular weight is 424 g/mol. The van der Waals surface area contributed by atoms with Crippen LogP contribution in [0.15, 0.2) is 59.6 Å². The Morgan fingerprint density at radius 1 is 1.21 bits per heavy atom. The lowest BCUT2D eigenvalue weighted by Gasteiger charge is -2.11. The van der Waals surface area contributed by atoms with E-state index in [-0.39, 0.29) is 11.7 Å². The summed E-state index contributed by atoms with van der Waals surface area (Å²) in [5.41, 5.74) is 3.79. The molecular formula is C22H18ClN3O2S. The highest BCUT2D eigenvalue weighted by Crippen LogP contribution is 2.29. The normalized spacial score (nSPS) is 10.3. The molecule has 0 aliphatic carbocycles. The van der Waals surface area contributed by atoms with Crippen LogP contribution in [0.5, 0.6) is 5.75 Å². The number of nitriles is 1. The van der Waals surface area contributed by atoms with E-state index in [0.717, 1.165) is 16.8 Å². The minimum Gasteiger partial charge on any atom is -0.495 e. The Hall–Kier alpha value is -3.01. The van der Waals surface area contributed by atoms with Crippen molar-refractivity contribution in [3.8, 4) is 23.1 Å². The van der Waals surface area contributed by atoms with Gasteiger partial charge in [0.2, 0.25) is 5.91 Å². The fourth-order valence-corrected chi connectivity index (χ4v) is 3.56. The lowest BCUT2D eigenvalue weighted by Crippen LogP contribution is -2.15. The molecular weight excluding hydrogens is 406 g/mol. The first-order valence-electron chi connectivity index (χ1n) is 8.74. The number of pyridine rings is 1. The molecule has 0 bridgehead atoms. The summed E-state index contributed by atoms with van der Waals surface area (Å²) in [5, 5.41) is 13.2. The number of halogens is 1. The Morgan fingerprint density at radius 3 is 2.66 bits per heavy atom. The molecule has 1 aromatic heterocycles. The van der Waals surface area contributed by atoms with Crippen LogP contribution in [-0.4, -0.2) is 23.8 Å². The molecule has 0 spiro atoms. The number of aryl methyl sites for hydroxylation is 1. The van der Waals surface area contributed by atoms with E-state index in [1.165, 1.54) is 18.9 Å². The van der Waals surface area contributed by atoms with Crippen molar-refractivity contribution in [1.82, 2.24) is 4.98 Å². The quantitative estimate of drug-likeness (QED) is 0.543. The number of methoxy groups -OCH3 is 1. The van der Waals surface area contributed by atoms with Gasteiger partial charge in [0, 0.05) is 10.6 Å². The van der Waals surface area contributed by atoms with Crippen LogP contribution in [0, 0.1) is 18.3 Å². The highest BCUT2D eigenvalue weighted by Gasteiger charge is 2.13. The van der Waals surface area contributed by atoms with Crippen LogP contribution in [0.2, 0.25) is 5.02 Å². The fourth-order valence-electron chi connectivity index (χ4n) is 2.62. The van der Waals surface area contributed by atoms with E-state index in [9.17, 15) is 10.1 Å². The number of aromatic nitrogens is 1. The molecule has 0 radical (unpaired) electrons. The molecule has 0 saturated heterocycles. The molecule has 0 aliphatic rings. The predicted octanol–water partition coefficient (Wildman–Crippen LogP) is 5.32. The van der Waals surface area contributed by atoms with E-state index >= 15 is 0 Å². The third-order valence-corrected chi connectivity index (χ3v) is 5.33. The molecule has 5 nitrogen and oxygen atoms in total. The molecule has 0 fully saturated rings. The van der Waals surface area contributed by atoms with E-state index in [0.29, 0.717) is 27.0 Å². The summed E-state index contributed by atoms with van der Waals surface area (Å²) in [6.07, 6.45) is 0. The molecule has 0 saturated carbocycles. The first-order chi connectivity index (χ1) is 14.0. The summed E-state index contributed by atoms with van der Waals surface area (Å²) < 4.78 is 5.24. The highest BCUT2D eigenvalue weighted by atomic mass is 35.5. The molecule has 1 N–H and O–H groups in total. The molecule has 2 aromatic carbocycles. The van der Waals surface area contributed by atoms with Gasteiger partial charge in [-0.3, -0.25) is 4.79 Å². The molecule has 29 heavy (non-hydrogen) atoms. The number of rotatable bonds is 6. The van der Waals surface area contributed by atoms with E-state index in [4.69, 9.17) is 16.3 Å². The molecule has 7 heteroatoms. The number of benzene rings is 2. The van der Waals surface area contributed by atoms with Crippen molar-refractivity contribution >= 4 is 35.0 Å². The second-order valence-corrected chi connectivity index (χ2v) is 7.61. The number of carbonyl (C=O) groups excluding carboxylic acids is 1. The zero-order valence-corrected chi connectivity index (χ0v) is 17.5. The van der Waals surface area contributed by atoms with Gasteiger partial charge in [0.25, 0.3) is 0 Å². The maximum Gasteiger partial charge on any atom is 0.234 e. The average Bonchev–Trinajstić information content (AvgIpc) is 2.73. The van der Waals surface area contributed by atoms with Gasteiger partial charge in [0.1, 0.15) is 16.8 Å². The Kier molecular flexibility index (Phi) is 6.76. The Balaban J connectivity index is 1.75. The van der Waals surface area contributed by atoms with Gasteiger partial charge in [-0.25, -0.2) is 4.98 Å². The highest BCUT2D eigenvalue weighted by molar-refractivity contribution is 8.00. The standard InChI is InChI=1S/C22H18ClN3O2S/c1-14-3-5-15(6-4-14)18-9-7-16(12-24)22(26-18)29-13-21(27)25-19-11-17(23)8-10-20(19)28-2/h3-11H,13H2,1-2H3,(H,25,27). The van der Waals surface area contributed by atoms with Gasteiger partial charge >= 0.3 is 0 Å². The van der Waals surface area contributed by atoms with Crippen LogP contribution in [0.1, 0.15) is 11.1 Å². The third-order valence-electron chi connectivity index (χ3n) is 4.10. The van der Waals surface area contributed by atoms with Crippen LogP contribution in [-0.2, 0) is 4.79 Å². The van der Waals surface area contributed by atoms with E-state index < -0.39 is 0 Å².